The first kappa shape index (κ1) is 32.5. The zero-order valence-corrected chi connectivity index (χ0v) is 25.2. The molecule has 0 saturated carbocycles. The van der Waals surface area contributed by atoms with E-state index in [-0.39, 0.29) is 28.3 Å². The Morgan fingerprint density at radius 2 is 1.76 bits per heavy atom. The third-order valence-corrected chi connectivity index (χ3v) is 8.74. The van der Waals surface area contributed by atoms with E-state index in [2.05, 4.69) is 29.9 Å². The number of nitrogens with zero attached hydrogens (tertiary/aromatic N) is 7. The lowest BCUT2D eigenvalue weighted by Gasteiger charge is -2.26. The SMILES string of the molecule is CO[C@H]1[C@@H](OP(=O)(O)OC[C@H]2O[C@@H](n3cnc4c(O)ncnc43)[C@H](O)[C@@H]2O[PH](=O)O)[C@H](n2cnc3c(=O)[nH]c(N)nc32)O[C@@H]1CO. The second-order valence-electron chi connectivity index (χ2n) is 9.98. The molecule has 25 heteroatoms. The molecule has 2 fully saturated rings. The molecule has 250 valence electrons. The summed E-state index contributed by atoms with van der Waals surface area (Å²) in [5.74, 6) is -0.704. The molecule has 6 rings (SSSR count). The van der Waals surface area contributed by atoms with Crippen LogP contribution in [0.3, 0.4) is 0 Å². The second kappa shape index (κ2) is 12.6. The van der Waals surface area contributed by atoms with Crippen molar-refractivity contribution in [3.8, 4) is 5.88 Å². The molecular formula is C21H27N9O14P2. The number of nitrogens with one attached hydrogen (secondary N) is 1. The molecule has 2 saturated heterocycles. The number of fused-ring (bicyclic) bond motifs is 2. The van der Waals surface area contributed by atoms with Gasteiger partial charge in [0.2, 0.25) is 11.8 Å². The van der Waals surface area contributed by atoms with Crippen molar-refractivity contribution in [1.29, 1.82) is 0 Å². The summed E-state index contributed by atoms with van der Waals surface area (Å²) >= 11 is 0. The number of aliphatic hydroxyl groups is 2. The van der Waals surface area contributed by atoms with Crippen LogP contribution >= 0.6 is 16.1 Å². The molecule has 10 atom stereocenters. The number of aromatic amines is 1. The van der Waals surface area contributed by atoms with Crippen LogP contribution in [0.1, 0.15) is 12.5 Å². The maximum absolute atomic E-state index is 13.3. The molecule has 2 aliphatic heterocycles. The summed E-state index contributed by atoms with van der Waals surface area (Å²) in [5.41, 5.74) is 4.82. The third kappa shape index (κ3) is 5.92. The maximum Gasteiger partial charge on any atom is 0.472 e. The molecule has 8 N–H and O–H groups in total. The number of phosphoric acid groups is 1. The molecular weight excluding hydrogens is 664 g/mol. The topological polar surface area (TPSA) is 324 Å². The van der Waals surface area contributed by atoms with Gasteiger partial charge in [0.15, 0.2) is 34.8 Å². The van der Waals surface area contributed by atoms with Crippen LogP contribution in [0.15, 0.2) is 23.8 Å². The van der Waals surface area contributed by atoms with Crippen LogP contribution in [0.5, 0.6) is 5.88 Å². The van der Waals surface area contributed by atoms with Gasteiger partial charge < -0.3 is 49.6 Å². The predicted molar refractivity (Wildman–Crippen MR) is 148 cm³/mol. The molecule has 46 heavy (non-hydrogen) atoms. The number of aromatic nitrogens is 8. The number of phosphoric ester groups is 1. The molecule has 0 amide bonds. The Labute approximate surface area is 256 Å². The number of ether oxygens (including phenoxy) is 3. The second-order valence-corrected chi connectivity index (χ2v) is 12.2. The Morgan fingerprint density at radius 1 is 1.07 bits per heavy atom. The molecule has 0 aromatic carbocycles. The quantitative estimate of drug-likeness (QED) is 0.0811. The molecule has 6 heterocycles. The van der Waals surface area contributed by atoms with Gasteiger partial charge in [-0.15, -0.1) is 0 Å². The number of aliphatic hydroxyl groups excluding tert-OH is 2. The van der Waals surface area contributed by atoms with Crippen molar-refractivity contribution in [2.45, 2.75) is 49.1 Å². The highest BCUT2D eigenvalue weighted by atomic mass is 31.2. The average molecular weight is 691 g/mol. The summed E-state index contributed by atoms with van der Waals surface area (Å²) in [4.78, 5) is 54.4. The minimum absolute atomic E-state index is 0.0326. The van der Waals surface area contributed by atoms with Crippen LogP contribution in [0.4, 0.5) is 5.95 Å². The van der Waals surface area contributed by atoms with Crippen molar-refractivity contribution in [3.63, 3.8) is 0 Å². The van der Waals surface area contributed by atoms with E-state index in [0.717, 1.165) is 19.0 Å². The predicted octanol–water partition coefficient (Wildman–Crippen LogP) is -2.32. The van der Waals surface area contributed by atoms with Gasteiger partial charge in [-0.2, -0.15) is 9.97 Å². The summed E-state index contributed by atoms with van der Waals surface area (Å²) in [6, 6.07) is 0. The number of nitrogen functional groups attached to an aromatic ring is 1. The van der Waals surface area contributed by atoms with Crippen LogP contribution in [-0.4, -0.2) is 121 Å². The van der Waals surface area contributed by atoms with Gasteiger partial charge in [-0.3, -0.25) is 32.5 Å². The zero-order valence-electron chi connectivity index (χ0n) is 23.3. The standard InChI is InChI=1S/C21H27N9O14P2/c1-39-13-7(2-31)41-20(30-6-26-10-16(30)27-21(22)28-18(10)34)14(13)44-46(37,38)40-3-8-12(43-45(35)36)11(32)19(42-8)29-5-25-9-15(29)23-4-24-17(9)33/h4-8,11-14,19-20,31-32,45H,2-3H2,1H3,(H,35,36)(H,37,38)(H,23,24,33)(H3,22,27,28,34)/t7-,8-,11-,12-,13-,14-,19-,20-/m1/s1. The fraction of sp³-hybridized carbons (Fsp3) is 0.524. The number of rotatable bonds is 11. The fourth-order valence-corrected chi connectivity index (χ4v) is 6.78. The number of nitrogens with two attached hydrogens (primary N) is 1. The van der Waals surface area contributed by atoms with Gasteiger partial charge in [-0.25, -0.2) is 19.5 Å². The van der Waals surface area contributed by atoms with Crippen LogP contribution in [0.25, 0.3) is 22.3 Å². The smallest absolute Gasteiger partial charge is 0.472 e. The molecule has 2 aliphatic rings. The molecule has 23 nitrogen and oxygen atoms in total. The molecule has 2 unspecified atom stereocenters. The number of hydrogen-bond donors (Lipinski definition) is 7. The minimum atomic E-state index is -5.12. The van der Waals surface area contributed by atoms with Crippen molar-refractivity contribution in [2.75, 3.05) is 26.1 Å². The Kier molecular flexibility index (Phi) is 8.93. The Bertz CT molecular complexity index is 1870. The van der Waals surface area contributed by atoms with E-state index < -0.39 is 89.8 Å². The molecule has 0 radical (unpaired) electrons. The van der Waals surface area contributed by atoms with Crippen molar-refractivity contribution in [2.24, 2.45) is 0 Å². The normalized spacial score (nSPS) is 30.3. The summed E-state index contributed by atoms with van der Waals surface area (Å²) in [6.07, 6.45) is -7.75. The highest BCUT2D eigenvalue weighted by molar-refractivity contribution is 7.47. The largest absolute Gasteiger partial charge is 0.492 e. The van der Waals surface area contributed by atoms with Crippen LogP contribution in [0, 0.1) is 0 Å². The van der Waals surface area contributed by atoms with Crippen molar-refractivity contribution >= 4 is 44.4 Å². The van der Waals surface area contributed by atoms with Gasteiger partial charge in [-0.1, -0.05) is 0 Å². The van der Waals surface area contributed by atoms with Crippen LogP contribution in [-0.2, 0) is 36.9 Å². The van der Waals surface area contributed by atoms with Crippen LogP contribution < -0.4 is 11.3 Å². The van der Waals surface area contributed by atoms with E-state index in [0.29, 0.717) is 0 Å². The molecule has 0 aliphatic carbocycles. The molecule has 0 spiro atoms. The number of hydrogen-bond acceptors (Lipinski definition) is 18. The molecule has 4 aromatic heterocycles. The lowest BCUT2D eigenvalue weighted by molar-refractivity contribution is -0.0609. The van der Waals surface area contributed by atoms with E-state index in [9.17, 15) is 39.0 Å². The number of H-pyrrole nitrogens is 1. The highest BCUT2D eigenvalue weighted by Crippen LogP contribution is 2.51. The summed E-state index contributed by atoms with van der Waals surface area (Å²) in [5, 5.41) is 30.8. The zero-order chi connectivity index (χ0) is 32.9. The van der Waals surface area contributed by atoms with Gasteiger partial charge >= 0.3 is 16.1 Å². The lowest BCUT2D eigenvalue weighted by Crippen LogP contribution is -2.37. The Morgan fingerprint density at radius 3 is 2.46 bits per heavy atom. The first-order valence-electron chi connectivity index (χ1n) is 13.2. The molecule has 0 bridgehead atoms. The Hall–Kier alpha value is -3.44. The van der Waals surface area contributed by atoms with E-state index >= 15 is 0 Å². The first-order valence-corrected chi connectivity index (χ1v) is 15.9. The van der Waals surface area contributed by atoms with E-state index in [1.54, 1.807) is 0 Å². The van der Waals surface area contributed by atoms with E-state index in [1.165, 1.54) is 16.2 Å². The van der Waals surface area contributed by atoms with Gasteiger partial charge in [0, 0.05) is 7.11 Å². The minimum Gasteiger partial charge on any atom is -0.492 e. The van der Waals surface area contributed by atoms with Gasteiger partial charge in [0.1, 0.15) is 43.0 Å². The fourth-order valence-electron chi connectivity index (χ4n) is 5.33. The van der Waals surface area contributed by atoms with Crippen molar-refractivity contribution < 1.29 is 62.0 Å². The van der Waals surface area contributed by atoms with Crippen LogP contribution in [0.2, 0.25) is 0 Å². The highest BCUT2D eigenvalue weighted by Gasteiger charge is 2.52. The summed E-state index contributed by atoms with van der Waals surface area (Å²) < 4.78 is 59.9. The van der Waals surface area contributed by atoms with E-state index in [4.69, 9.17) is 33.5 Å². The van der Waals surface area contributed by atoms with Gasteiger partial charge in [0.05, 0.1) is 25.9 Å². The van der Waals surface area contributed by atoms with Gasteiger partial charge in [0.25, 0.3) is 5.56 Å². The van der Waals surface area contributed by atoms with Gasteiger partial charge in [-0.05, 0) is 0 Å². The first-order chi connectivity index (χ1) is 21.9. The molecule has 4 aromatic rings. The average Bonchev–Trinajstić information content (AvgIpc) is 3.76. The number of anilines is 1. The maximum atomic E-state index is 13.3. The third-order valence-electron chi connectivity index (χ3n) is 7.28. The van der Waals surface area contributed by atoms with E-state index in [1.807, 2.05) is 0 Å². The number of methoxy groups -OCH3 is 1. The van der Waals surface area contributed by atoms with Crippen molar-refractivity contribution in [3.05, 3.63) is 29.3 Å². The monoisotopic (exact) mass is 691 g/mol. The number of imidazole rings is 2. The summed E-state index contributed by atoms with van der Waals surface area (Å²) in [7, 11) is -7.55. The number of aromatic hydroxyl groups is 1. The summed E-state index contributed by atoms with van der Waals surface area (Å²) in [6.45, 7) is -1.43. The lowest BCUT2D eigenvalue weighted by atomic mass is 10.1. The van der Waals surface area contributed by atoms with Crippen molar-refractivity contribution in [1.82, 2.24) is 39.0 Å². The Balaban J connectivity index is 1.24.